The number of nitrogens with zero attached hydrogens (tertiary/aromatic N) is 2. The monoisotopic (exact) mass is 373 g/mol. The van der Waals surface area contributed by atoms with Gasteiger partial charge in [0.25, 0.3) is 0 Å². The van der Waals surface area contributed by atoms with Gasteiger partial charge in [-0.25, -0.2) is 4.39 Å². The lowest BCUT2D eigenvalue weighted by atomic mass is 10.3. The molecule has 102 valence electrons. The van der Waals surface area contributed by atoms with E-state index >= 15 is 0 Å². The van der Waals surface area contributed by atoms with Gasteiger partial charge in [-0.15, -0.1) is 0 Å². The summed E-state index contributed by atoms with van der Waals surface area (Å²) in [6, 6.07) is 7.15. The molecular formula is C14H17FIN3. The molecule has 0 bridgehead atoms. The number of hydrogen-bond acceptors (Lipinski definition) is 2. The summed E-state index contributed by atoms with van der Waals surface area (Å²) in [4.78, 5) is 0. The van der Waals surface area contributed by atoms with Crippen molar-refractivity contribution in [2.24, 2.45) is 0 Å². The summed E-state index contributed by atoms with van der Waals surface area (Å²) < 4.78 is 15.8. The quantitative estimate of drug-likeness (QED) is 0.796. The van der Waals surface area contributed by atoms with Crippen LogP contribution in [0.1, 0.15) is 32.0 Å². The van der Waals surface area contributed by atoms with Crippen molar-refractivity contribution in [2.75, 3.05) is 5.32 Å². The smallest absolute Gasteiger partial charge is 0.124 e. The molecule has 0 fully saturated rings. The van der Waals surface area contributed by atoms with E-state index < -0.39 is 0 Å². The fourth-order valence-electron chi connectivity index (χ4n) is 1.72. The van der Waals surface area contributed by atoms with Gasteiger partial charge in [-0.2, -0.15) is 5.10 Å². The molecule has 2 rings (SSSR count). The molecule has 0 spiro atoms. The Hall–Kier alpha value is -1.11. The molecule has 1 heterocycles. The summed E-state index contributed by atoms with van der Waals surface area (Å²) in [5, 5.41) is 7.80. The van der Waals surface area contributed by atoms with Crippen LogP contribution in [0.25, 0.3) is 0 Å². The van der Waals surface area contributed by atoms with E-state index in [-0.39, 0.29) is 5.82 Å². The van der Waals surface area contributed by atoms with Crippen molar-refractivity contribution in [1.82, 2.24) is 9.78 Å². The van der Waals surface area contributed by atoms with E-state index in [0.717, 1.165) is 21.4 Å². The van der Waals surface area contributed by atoms with E-state index in [9.17, 15) is 4.39 Å². The predicted molar refractivity (Wildman–Crippen MR) is 83.7 cm³/mol. The minimum absolute atomic E-state index is 0.212. The first-order valence-corrected chi connectivity index (χ1v) is 7.41. The standard InChI is InChI=1S/C14H17FIN3/c1-3-10(2)19-7-6-12(18-19)9-17-14-5-4-11(15)8-13(14)16/h4-8,10,17H,3,9H2,1-2H3. The van der Waals surface area contributed by atoms with Gasteiger partial charge in [0.05, 0.1) is 12.2 Å². The minimum Gasteiger partial charge on any atom is -0.378 e. The van der Waals surface area contributed by atoms with Crippen LogP contribution in [0.5, 0.6) is 0 Å². The van der Waals surface area contributed by atoms with E-state index in [1.54, 1.807) is 6.07 Å². The van der Waals surface area contributed by atoms with E-state index in [1.807, 2.05) is 16.9 Å². The molecule has 1 unspecified atom stereocenters. The van der Waals surface area contributed by atoms with Crippen LogP contribution in [-0.2, 0) is 6.54 Å². The number of benzene rings is 1. The fraction of sp³-hybridized carbons (Fsp3) is 0.357. The second-order valence-electron chi connectivity index (χ2n) is 4.52. The van der Waals surface area contributed by atoms with Crippen LogP contribution < -0.4 is 5.32 Å². The summed E-state index contributed by atoms with van der Waals surface area (Å²) in [5.74, 6) is -0.212. The zero-order valence-corrected chi connectivity index (χ0v) is 13.2. The average Bonchev–Trinajstić information content (AvgIpc) is 2.85. The van der Waals surface area contributed by atoms with E-state index in [1.165, 1.54) is 12.1 Å². The second kappa shape index (κ2) is 6.36. The topological polar surface area (TPSA) is 29.9 Å². The first kappa shape index (κ1) is 14.3. The lowest BCUT2D eigenvalue weighted by molar-refractivity contribution is 0.474. The van der Waals surface area contributed by atoms with Crippen molar-refractivity contribution in [3.8, 4) is 0 Å². The zero-order valence-electron chi connectivity index (χ0n) is 11.0. The molecule has 1 aromatic carbocycles. The Morgan fingerprint density at radius 2 is 2.21 bits per heavy atom. The highest BCUT2D eigenvalue weighted by atomic mass is 127. The van der Waals surface area contributed by atoms with Crippen LogP contribution in [0, 0.1) is 9.39 Å². The van der Waals surface area contributed by atoms with Crippen molar-refractivity contribution < 1.29 is 4.39 Å². The number of anilines is 1. The number of aromatic nitrogens is 2. The molecule has 3 nitrogen and oxygen atoms in total. The SMILES string of the molecule is CCC(C)n1ccc(CNc2ccc(F)cc2I)n1. The first-order valence-electron chi connectivity index (χ1n) is 6.33. The maximum absolute atomic E-state index is 13.0. The van der Waals surface area contributed by atoms with E-state index in [4.69, 9.17) is 0 Å². The van der Waals surface area contributed by atoms with Gasteiger partial charge in [0.1, 0.15) is 5.82 Å². The summed E-state index contributed by atoms with van der Waals surface area (Å²) in [6.45, 7) is 4.93. The van der Waals surface area contributed by atoms with Gasteiger partial charge in [0.15, 0.2) is 0 Å². The molecule has 0 saturated heterocycles. The highest BCUT2D eigenvalue weighted by molar-refractivity contribution is 14.1. The molecule has 0 aliphatic rings. The van der Waals surface area contributed by atoms with E-state index in [0.29, 0.717) is 12.6 Å². The third kappa shape index (κ3) is 3.68. The first-order chi connectivity index (χ1) is 9.10. The fourth-order valence-corrected chi connectivity index (χ4v) is 2.39. The molecule has 1 atom stereocenters. The minimum atomic E-state index is -0.212. The largest absolute Gasteiger partial charge is 0.378 e. The van der Waals surface area contributed by atoms with Crippen LogP contribution in [0.2, 0.25) is 0 Å². The Morgan fingerprint density at radius 3 is 2.89 bits per heavy atom. The van der Waals surface area contributed by atoms with E-state index in [2.05, 4.69) is 46.9 Å². The normalized spacial score (nSPS) is 12.4. The number of rotatable bonds is 5. The molecule has 0 aliphatic carbocycles. The molecule has 2 aromatic rings. The average molecular weight is 373 g/mol. The van der Waals surface area contributed by atoms with Crippen LogP contribution in [0.4, 0.5) is 10.1 Å². The Morgan fingerprint density at radius 1 is 1.42 bits per heavy atom. The lowest BCUT2D eigenvalue weighted by Crippen LogP contribution is -2.07. The van der Waals surface area contributed by atoms with Crippen molar-refractivity contribution in [2.45, 2.75) is 32.9 Å². The van der Waals surface area contributed by atoms with Crippen LogP contribution >= 0.6 is 22.6 Å². The third-order valence-electron chi connectivity index (χ3n) is 3.10. The molecule has 5 heteroatoms. The molecule has 0 saturated carbocycles. The Balaban J connectivity index is 2.00. The molecule has 1 N–H and O–H groups in total. The van der Waals surface area contributed by atoms with Crippen LogP contribution in [0.3, 0.4) is 0 Å². The van der Waals surface area contributed by atoms with Gasteiger partial charge in [-0.1, -0.05) is 6.92 Å². The van der Waals surface area contributed by atoms with Crippen LogP contribution in [0.15, 0.2) is 30.5 Å². The van der Waals surface area contributed by atoms with Gasteiger partial charge in [0, 0.05) is 21.5 Å². The number of nitrogens with one attached hydrogen (secondary N) is 1. The third-order valence-corrected chi connectivity index (χ3v) is 3.99. The maximum atomic E-state index is 13.0. The van der Waals surface area contributed by atoms with Gasteiger partial charge < -0.3 is 5.32 Å². The second-order valence-corrected chi connectivity index (χ2v) is 5.68. The molecule has 0 amide bonds. The highest BCUT2D eigenvalue weighted by Gasteiger charge is 2.05. The zero-order chi connectivity index (χ0) is 13.8. The van der Waals surface area contributed by atoms with Crippen LogP contribution in [-0.4, -0.2) is 9.78 Å². The van der Waals surface area contributed by atoms with Gasteiger partial charge in [-0.05, 0) is 60.2 Å². The summed E-state index contributed by atoms with van der Waals surface area (Å²) in [6.07, 6.45) is 3.06. The summed E-state index contributed by atoms with van der Waals surface area (Å²) >= 11 is 2.12. The molecule has 1 aromatic heterocycles. The Bertz CT molecular complexity index is 553. The van der Waals surface area contributed by atoms with Crippen molar-refractivity contribution in [3.63, 3.8) is 0 Å². The van der Waals surface area contributed by atoms with Gasteiger partial charge in [0.2, 0.25) is 0 Å². The maximum Gasteiger partial charge on any atom is 0.124 e. The van der Waals surface area contributed by atoms with Crippen molar-refractivity contribution in [1.29, 1.82) is 0 Å². The van der Waals surface area contributed by atoms with Gasteiger partial charge >= 0.3 is 0 Å². The number of hydrogen-bond donors (Lipinski definition) is 1. The summed E-state index contributed by atoms with van der Waals surface area (Å²) in [7, 11) is 0. The molecule has 19 heavy (non-hydrogen) atoms. The molecule has 0 aliphatic heterocycles. The Kier molecular flexibility index (Phi) is 4.79. The Labute approximate surface area is 126 Å². The molecule has 0 radical (unpaired) electrons. The van der Waals surface area contributed by atoms with Crippen molar-refractivity contribution >= 4 is 28.3 Å². The highest BCUT2D eigenvalue weighted by Crippen LogP contribution is 2.19. The lowest BCUT2D eigenvalue weighted by Gasteiger charge is -2.09. The predicted octanol–water partition coefficient (Wildman–Crippen LogP) is 4.21. The number of halogens is 2. The van der Waals surface area contributed by atoms with Gasteiger partial charge in [-0.3, -0.25) is 4.68 Å². The van der Waals surface area contributed by atoms with Crippen molar-refractivity contribution in [3.05, 3.63) is 45.5 Å². The molecular weight excluding hydrogens is 356 g/mol. The summed E-state index contributed by atoms with van der Waals surface area (Å²) in [5.41, 5.74) is 1.92.